The summed E-state index contributed by atoms with van der Waals surface area (Å²) in [4.78, 5) is 14.1. The molecule has 0 radical (unpaired) electrons. The Bertz CT molecular complexity index is 629. The molecule has 0 aromatic heterocycles. The van der Waals surface area contributed by atoms with Crippen LogP contribution >= 0.6 is 11.6 Å². The second-order valence-electron chi connectivity index (χ2n) is 4.59. The number of phenols is 1. The Balaban J connectivity index is 1.89. The van der Waals surface area contributed by atoms with Crippen LogP contribution in [0.15, 0.2) is 42.5 Å². The summed E-state index contributed by atoms with van der Waals surface area (Å²) in [6.45, 7) is 1.17. The highest BCUT2D eigenvalue weighted by Crippen LogP contribution is 2.27. The van der Waals surface area contributed by atoms with E-state index in [4.69, 9.17) is 11.6 Å². The van der Waals surface area contributed by atoms with Crippen LogP contribution in [-0.4, -0.2) is 15.9 Å². The maximum atomic E-state index is 12.4. The van der Waals surface area contributed by atoms with Crippen molar-refractivity contribution in [2.24, 2.45) is 0 Å². The molecule has 1 aliphatic heterocycles. The van der Waals surface area contributed by atoms with Crippen molar-refractivity contribution in [3.63, 3.8) is 0 Å². The molecule has 1 aliphatic rings. The quantitative estimate of drug-likeness (QED) is 0.867. The van der Waals surface area contributed by atoms with Crippen LogP contribution in [-0.2, 0) is 13.1 Å². The van der Waals surface area contributed by atoms with Crippen molar-refractivity contribution < 1.29 is 9.90 Å². The van der Waals surface area contributed by atoms with Gasteiger partial charge >= 0.3 is 0 Å². The molecule has 1 amide bonds. The third-order valence-corrected chi connectivity index (χ3v) is 3.64. The molecule has 19 heavy (non-hydrogen) atoms. The van der Waals surface area contributed by atoms with Gasteiger partial charge in [0.05, 0.1) is 10.6 Å². The molecule has 0 saturated carbocycles. The zero-order chi connectivity index (χ0) is 13.4. The summed E-state index contributed by atoms with van der Waals surface area (Å²) < 4.78 is 0. The molecule has 2 aromatic rings. The van der Waals surface area contributed by atoms with Crippen molar-refractivity contribution in [1.29, 1.82) is 0 Å². The third-order valence-electron chi connectivity index (χ3n) is 3.31. The first-order valence-corrected chi connectivity index (χ1v) is 6.37. The Morgan fingerprint density at radius 1 is 1.11 bits per heavy atom. The van der Waals surface area contributed by atoms with Gasteiger partial charge in [-0.25, -0.2) is 0 Å². The van der Waals surface area contributed by atoms with Gasteiger partial charge in [-0.2, -0.15) is 0 Å². The SMILES string of the molecule is O=C(c1cc(O)ccc1Cl)N1Cc2ccccc2C1. The van der Waals surface area contributed by atoms with Crippen LogP contribution in [0.3, 0.4) is 0 Å². The summed E-state index contributed by atoms with van der Waals surface area (Å²) in [6, 6.07) is 12.4. The van der Waals surface area contributed by atoms with Gasteiger partial charge in [0, 0.05) is 13.1 Å². The highest BCUT2D eigenvalue weighted by Gasteiger charge is 2.25. The lowest BCUT2D eigenvalue weighted by Gasteiger charge is -2.16. The Morgan fingerprint density at radius 3 is 2.37 bits per heavy atom. The van der Waals surface area contributed by atoms with Crippen molar-refractivity contribution in [3.05, 3.63) is 64.2 Å². The standard InChI is InChI=1S/C15H12ClNO2/c16-14-6-5-12(18)7-13(14)15(19)17-8-10-3-1-2-4-11(10)9-17/h1-7,18H,8-9H2. The number of carbonyl (C=O) groups excluding carboxylic acids is 1. The lowest BCUT2D eigenvalue weighted by molar-refractivity contribution is 0.0751. The van der Waals surface area contributed by atoms with E-state index in [1.165, 1.54) is 18.2 Å². The topological polar surface area (TPSA) is 40.5 Å². The molecule has 96 valence electrons. The van der Waals surface area contributed by atoms with Gasteiger partial charge < -0.3 is 10.0 Å². The summed E-state index contributed by atoms with van der Waals surface area (Å²) in [5, 5.41) is 9.83. The van der Waals surface area contributed by atoms with Gasteiger partial charge in [0.1, 0.15) is 5.75 Å². The second-order valence-corrected chi connectivity index (χ2v) is 5.00. The molecule has 1 N–H and O–H groups in total. The fraction of sp³-hybridized carbons (Fsp3) is 0.133. The molecule has 0 bridgehead atoms. The van der Waals surface area contributed by atoms with Crippen LogP contribution in [0.1, 0.15) is 21.5 Å². The van der Waals surface area contributed by atoms with Crippen molar-refractivity contribution in [3.8, 4) is 5.75 Å². The second kappa shape index (κ2) is 4.59. The normalized spacial score (nSPS) is 13.4. The molecule has 3 nitrogen and oxygen atoms in total. The van der Waals surface area contributed by atoms with Crippen molar-refractivity contribution in [2.45, 2.75) is 13.1 Å². The third kappa shape index (κ3) is 2.17. The number of amides is 1. The Labute approximate surface area is 116 Å². The van der Waals surface area contributed by atoms with E-state index < -0.39 is 0 Å². The Hall–Kier alpha value is -2.00. The summed E-state index contributed by atoms with van der Waals surface area (Å²) in [7, 11) is 0. The smallest absolute Gasteiger partial charge is 0.256 e. The van der Waals surface area contributed by atoms with E-state index in [1.807, 2.05) is 24.3 Å². The molecule has 1 heterocycles. The van der Waals surface area contributed by atoms with Crippen molar-refractivity contribution in [2.75, 3.05) is 0 Å². The summed E-state index contributed by atoms with van der Waals surface area (Å²) in [5.41, 5.74) is 2.66. The minimum atomic E-state index is -0.155. The molecule has 2 aromatic carbocycles. The Morgan fingerprint density at radius 2 is 1.74 bits per heavy atom. The minimum absolute atomic E-state index is 0.0458. The van der Waals surface area contributed by atoms with Gasteiger partial charge in [0.25, 0.3) is 5.91 Å². The van der Waals surface area contributed by atoms with Crippen LogP contribution in [0.4, 0.5) is 0 Å². The Kier molecular flexibility index (Phi) is 2.91. The molecule has 4 heteroatoms. The van der Waals surface area contributed by atoms with Crippen LogP contribution in [0.2, 0.25) is 5.02 Å². The predicted molar refractivity (Wildman–Crippen MR) is 73.1 cm³/mol. The molecule has 0 aliphatic carbocycles. The van der Waals surface area contributed by atoms with E-state index in [0.717, 1.165) is 11.1 Å². The molecule has 0 saturated heterocycles. The lowest BCUT2D eigenvalue weighted by Crippen LogP contribution is -2.25. The molecule has 0 unspecified atom stereocenters. The highest BCUT2D eigenvalue weighted by molar-refractivity contribution is 6.33. The van der Waals surface area contributed by atoms with Gasteiger partial charge in [-0.3, -0.25) is 4.79 Å². The van der Waals surface area contributed by atoms with Gasteiger partial charge in [-0.1, -0.05) is 35.9 Å². The van der Waals surface area contributed by atoms with E-state index in [-0.39, 0.29) is 11.7 Å². The van der Waals surface area contributed by atoms with Gasteiger partial charge in [0.15, 0.2) is 0 Å². The lowest BCUT2D eigenvalue weighted by atomic mass is 10.1. The minimum Gasteiger partial charge on any atom is -0.508 e. The predicted octanol–water partition coefficient (Wildman–Crippen LogP) is 3.20. The molecule has 0 spiro atoms. The number of fused-ring (bicyclic) bond motifs is 1. The monoisotopic (exact) mass is 273 g/mol. The highest BCUT2D eigenvalue weighted by atomic mass is 35.5. The fourth-order valence-corrected chi connectivity index (χ4v) is 2.52. The summed E-state index contributed by atoms with van der Waals surface area (Å²) in [5.74, 6) is -0.110. The number of benzene rings is 2. The molecule has 3 rings (SSSR count). The molecular weight excluding hydrogens is 262 g/mol. The van der Waals surface area contributed by atoms with E-state index >= 15 is 0 Å². The number of hydrogen-bond acceptors (Lipinski definition) is 2. The first-order valence-electron chi connectivity index (χ1n) is 6.00. The zero-order valence-electron chi connectivity index (χ0n) is 10.1. The van der Waals surface area contributed by atoms with E-state index in [0.29, 0.717) is 23.7 Å². The number of nitrogens with zero attached hydrogens (tertiary/aromatic N) is 1. The van der Waals surface area contributed by atoms with E-state index in [2.05, 4.69) is 0 Å². The number of aromatic hydroxyl groups is 1. The largest absolute Gasteiger partial charge is 0.508 e. The number of carbonyl (C=O) groups is 1. The van der Waals surface area contributed by atoms with Crippen LogP contribution in [0.25, 0.3) is 0 Å². The van der Waals surface area contributed by atoms with E-state index in [1.54, 1.807) is 4.90 Å². The summed E-state index contributed by atoms with van der Waals surface area (Å²) >= 11 is 6.02. The van der Waals surface area contributed by atoms with E-state index in [9.17, 15) is 9.90 Å². The number of rotatable bonds is 1. The number of phenolic OH excluding ortho intramolecular Hbond substituents is 1. The number of halogens is 1. The van der Waals surface area contributed by atoms with Gasteiger partial charge in [-0.05, 0) is 29.3 Å². The van der Waals surface area contributed by atoms with Crippen molar-refractivity contribution >= 4 is 17.5 Å². The first-order chi connectivity index (χ1) is 9.15. The maximum Gasteiger partial charge on any atom is 0.256 e. The zero-order valence-corrected chi connectivity index (χ0v) is 10.9. The maximum absolute atomic E-state index is 12.4. The van der Waals surface area contributed by atoms with Crippen LogP contribution in [0, 0.1) is 0 Å². The van der Waals surface area contributed by atoms with Gasteiger partial charge in [0.2, 0.25) is 0 Å². The molecular formula is C15H12ClNO2. The van der Waals surface area contributed by atoms with Crippen molar-refractivity contribution in [1.82, 2.24) is 4.90 Å². The van der Waals surface area contributed by atoms with Crippen LogP contribution in [0.5, 0.6) is 5.75 Å². The average Bonchev–Trinajstić information content (AvgIpc) is 2.84. The average molecular weight is 274 g/mol. The number of hydrogen-bond donors (Lipinski definition) is 1. The first kappa shape index (κ1) is 12.1. The van der Waals surface area contributed by atoms with Crippen LogP contribution < -0.4 is 0 Å². The van der Waals surface area contributed by atoms with Gasteiger partial charge in [-0.15, -0.1) is 0 Å². The molecule has 0 atom stereocenters. The fourth-order valence-electron chi connectivity index (χ4n) is 2.32. The summed E-state index contributed by atoms with van der Waals surface area (Å²) in [6.07, 6.45) is 0. The molecule has 0 fully saturated rings.